The van der Waals surface area contributed by atoms with E-state index in [1.165, 1.54) is 10.4 Å². The van der Waals surface area contributed by atoms with Crippen molar-refractivity contribution in [2.45, 2.75) is 18.2 Å². The molecule has 0 saturated carbocycles. The molecule has 7 heteroatoms. The lowest BCUT2D eigenvalue weighted by Crippen LogP contribution is -2.50. The Morgan fingerprint density at radius 1 is 1.00 bits per heavy atom. The molecule has 0 spiro atoms. The fourth-order valence-electron chi connectivity index (χ4n) is 3.00. The van der Waals surface area contributed by atoms with Gasteiger partial charge in [-0.15, -0.1) is 0 Å². The van der Waals surface area contributed by atoms with Crippen LogP contribution in [-0.4, -0.2) is 54.8 Å². The Kier molecular flexibility index (Phi) is 5.29. The molecule has 2 aromatic rings. The second kappa shape index (κ2) is 7.47. The van der Waals surface area contributed by atoms with Gasteiger partial charge in [-0.3, -0.25) is 4.79 Å². The van der Waals surface area contributed by atoms with Crippen LogP contribution in [0.3, 0.4) is 0 Å². The standard InChI is InChI=1S/C19H22N2O4S/c1-2-15-7-9-16(10-8-15)26(24,25)21-13-11-20(12-14-21)19(23)17-5-3-4-6-18(17)22/h3-10,22H,2,11-14H2,1H3. The average Bonchev–Trinajstić information content (AvgIpc) is 2.68. The number of hydrogen-bond donors (Lipinski definition) is 1. The SMILES string of the molecule is CCc1ccc(S(=O)(=O)N2CCN(C(=O)c3ccccc3O)CC2)cc1. The van der Waals surface area contributed by atoms with Crippen molar-refractivity contribution >= 4 is 15.9 Å². The number of benzene rings is 2. The summed E-state index contributed by atoms with van der Waals surface area (Å²) in [6, 6.07) is 13.3. The number of para-hydroxylation sites is 1. The first-order valence-electron chi connectivity index (χ1n) is 8.60. The van der Waals surface area contributed by atoms with Crippen LogP contribution in [0.1, 0.15) is 22.8 Å². The van der Waals surface area contributed by atoms with Crippen molar-refractivity contribution in [2.24, 2.45) is 0 Å². The van der Waals surface area contributed by atoms with Crippen LogP contribution < -0.4 is 0 Å². The number of phenols is 1. The third kappa shape index (κ3) is 3.59. The molecular formula is C19H22N2O4S. The minimum atomic E-state index is -3.56. The molecule has 0 radical (unpaired) electrons. The smallest absolute Gasteiger partial charge is 0.257 e. The van der Waals surface area contributed by atoms with Gasteiger partial charge in [0.2, 0.25) is 10.0 Å². The van der Waals surface area contributed by atoms with E-state index in [4.69, 9.17) is 0 Å². The van der Waals surface area contributed by atoms with Crippen LogP contribution in [0.4, 0.5) is 0 Å². The van der Waals surface area contributed by atoms with Crippen LogP contribution in [-0.2, 0) is 16.4 Å². The van der Waals surface area contributed by atoms with Crippen LogP contribution in [0, 0.1) is 0 Å². The molecule has 0 aromatic heterocycles. The molecule has 0 atom stereocenters. The first kappa shape index (κ1) is 18.4. The Balaban J connectivity index is 1.69. The fraction of sp³-hybridized carbons (Fsp3) is 0.316. The van der Waals surface area contributed by atoms with Crippen LogP contribution >= 0.6 is 0 Å². The summed E-state index contributed by atoms with van der Waals surface area (Å²) in [7, 11) is -3.56. The van der Waals surface area contributed by atoms with Gasteiger partial charge < -0.3 is 10.0 Å². The molecule has 3 rings (SSSR count). The van der Waals surface area contributed by atoms with E-state index in [0.717, 1.165) is 12.0 Å². The first-order chi connectivity index (χ1) is 12.4. The van der Waals surface area contributed by atoms with Gasteiger partial charge in [0, 0.05) is 26.2 Å². The summed E-state index contributed by atoms with van der Waals surface area (Å²) in [5.74, 6) is -0.351. The van der Waals surface area contributed by atoms with Crippen LogP contribution in [0.5, 0.6) is 5.75 Å². The van der Waals surface area contributed by atoms with E-state index in [1.807, 2.05) is 19.1 Å². The third-order valence-corrected chi connectivity index (χ3v) is 6.54. The van der Waals surface area contributed by atoms with Gasteiger partial charge >= 0.3 is 0 Å². The number of nitrogens with zero attached hydrogens (tertiary/aromatic N) is 2. The highest BCUT2D eigenvalue weighted by Gasteiger charge is 2.30. The van der Waals surface area contributed by atoms with Gasteiger partial charge in [-0.1, -0.05) is 31.2 Å². The molecule has 1 N–H and O–H groups in total. The number of sulfonamides is 1. The molecule has 26 heavy (non-hydrogen) atoms. The summed E-state index contributed by atoms with van der Waals surface area (Å²) in [4.78, 5) is 14.4. The maximum atomic E-state index is 12.8. The van der Waals surface area contributed by atoms with E-state index in [1.54, 1.807) is 35.2 Å². The lowest BCUT2D eigenvalue weighted by atomic mass is 10.1. The minimum absolute atomic E-state index is 0.0661. The average molecular weight is 374 g/mol. The summed E-state index contributed by atoms with van der Waals surface area (Å²) in [6.45, 7) is 3.07. The second-order valence-corrected chi connectivity index (χ2v) is 8.15. The minimum Gasteiger partial charge on any atom is -0.507 e. The van der Waals surface area contributed by atoms with Crippen LogP contribution in [0.25, 0.3) is 0 Å². The maximum Gasteiger partial charge on any atom is 0.257 e. The fourth-order valence-corrected chi connectivity index (χ4v) is 4.42. The predicted molar refractivity (Wildman–Crippen MR) is 98.6 cm³/mol. The van der Waals surface area contributed by atoms with E-state index in [9.17, 15) is 18.3 Å². The number of carbonyl (C=O) groups excluding carboxylic acids is 1. The molecule has 1 aliphatic heterocycles. The molecule has 0 aliphatic carbocycles. The molecule has 2 aromatic carbocycles. The molecule has 1 aliphatic rings. The number of rotatable bonds is 4. The first-order valence-corrected chi connectivity index (χ1v) is 10.0. The van der Waals surface area contributed by atoms with E-state index in [2.05, 4.69) is 0 Å². The second-order valence-electron chi connectivity index (χ2n) is 6.21. The largest absolute Gasteiger partial charge is 0.507 e. The van der Waals surface area contributed by atoms with Crippen molar-refractivity contribution in [3.63, 3.8) is 0 Å². The number of amides is 1. The molecule has 1 amide bonds. The van der Waals surface area contributed by atoms with Crippen molar-refractivity contribution in [2.75, 3.05) is 26.2 Å². The highest BCUT2D eigenvalue weighted by molar-refractivity contribution is 7.89. The van der Waals surface area contributed by atoms with Crippen LogP contribution in [0.15, 0.2) is 53.4 Å². The maximum absolute atomic E-state index is 12.8. The quantitative estimate of drug-likeness (QED) is 0.889. The number of piperazine rings is 1. The van der Waals surface area contributed by atoms with E-state index >= 15 is 0 Å². The molecular weight excluding hydrogens is 352 g/mol. The number of aromatic hydroxyl groups is 1. The topological polar surface area (TPSA) is 77.9 Å². The van der Waals surface area contributed by atoms with E-state index in [0.29, 0.717) is 13.1 Å². The molecule has 1 fully saturated rings. The number of hydrogen-bond acceptors (Lipinski definition) is 4. The van der Waals surface area contributed by atoms with Gasteiger partial charge in [-0.25, -0.2) is 8.42 Å². The zero-order valence-electron chi connectivity index (χ0n) is 14.6. The number of carbonyl (C=O) groups is 1. The van der Waals surface area contributed by atoms with Crippen molar-refractivity contribution in [3.05, 3.63) is 59.7 Å². The summed E-state index contributed by atoms with van der Waals surface area (Å²) < 4.78 is 26.9. The Hall–Kier alpha value is -2.38. The summed E-state index contributed by atoms with van der Waals surface area (Å²) in [5.41, 5.74) is 1.32. The Morgan fingerprint density at radius 2 is 1.62 bits per heavy atom. The van der Waals surface area contributed by atoms with Gasteiger partial charge in [-0.05, 0) is 36.2 Å². The number of aryl methyl sites for hydroxylation is 1. The summed E-state index contributed by atoms with van der Waals surface area (Å²) in [6.07, 6.45) is 0.855. The van der Waals surface area contributed by atoms with E-state index < -0.39 is 10.0 Å². The summed E-state index contributed by atoms with van der Waals surface area (Å²) in [5, 5.41) is 9.83. The molecule has 1 saturated heterocycles. The highest BCUT2D eigenvalue weighted by Crippen LogP contribution is 2.21. The predicted octanol–water partition coefficient (Wildman–Crippen LogP) is 2.10. The van der Waals surface area contributed by atoms with Gasteiger partial charge in [0.05, 0.1) is 10.5 Å². The Morgan fingerprint density at radius 3 is 2.19 bits per heavy atom. The highest BCUT2D eigenvalue weighted by atomic mass is 32.2. The van der Waals surface area contributed by atoms with Gasteiger partial charge in [-0.2, -0.15) is 4.31 Å². The van der Waals surface area contributed by atoms with Crippen molar-refractivity contribution < 1.29 is 18.3 Å². The molecule has 138 valence electrons. The third-order valence-electron chi connectivity index (χ3n) is 4.63. The number of phenolic OH excluding ortho intramolecular Hbond substituents is 1. The Bertz CT molecular complexity index is 886. The zero-order chi connectivity index (χ0) is 18.7. The molecule has 0 bridgehead atoms. The molecule has 1 heterocycles. The zero-order valence-corrected chi connectivity index (χ0v) is 15.4. The van der Waals surface area contributed by atoms with Gasteiger partial charge in [0.15, 0.2) is 0 Å². The lowest BCUT2D eigenvalue weighted by molar-refractivity contribution is 0.0695. The van der Waals surface area contributed by atoms with Crippen molar-refractivity contribution in [1.82, 2.24) is 9.21 Å². The van der Waals surface area contributed by atoms with Gasteiger partial charge in [0.25, 0.3) is 5.91 Å². The van der Waals surface area contributed by atoms with Gasteiger partial charge in [0.1, 0.15) is 5.75 Å². The normalized spacial score (nSPS) is 15.8. The van der Waals surface area contributed by atoms with Crippen molar-refractivity contribution in [1.29, 1.82) is 0 Å². The molecule has 0 unspecified atom stereocenters. The van der Waals surface area contributed by atoms with Crippen LogP contribution in [0.2, 0.25) is 0 Å². The molecule has 6 nitrogen and oxygen atoms in total. The van der Waals surface area contributed by atoms with E-state index in [-0.39, 0.29) is 35.2 Å². The lowest BCUT2D eigenvalue weighted by Gasteiger charge is -2.34. The van der Waals surface area contributed by atoms with Crippen molar-refractivity contribution in [3.8, 4) is 5.75 Å². The summed E-state index contributed by atoms with van der Waals surface area (Å²) >= 11 is 0. The Labute approximate surface area is 153 Å². The monoisotopic (exact) mass is 374 g/mol.